The van der Waals surface area contributed by atoms with Crippen LogP contribution in [0.5, 0.6) is 0 Å². The van der Waals surface area contributed by atoms with Gasteiger partial charge in [0.05, 0.1) is 7.05 Å². The van der Waals surface area contributed by atoms with Gasteiger partial charge < -0.3 is 15.4 Å². The zero-order valence-corrected chi connectivity index (χ0v) is 4.64. The zero-order valence-electron chi connectivity index (χ0n) is 4.64. The molecular formula is C4H11NO2. The Kier molecular flexibility index (Phi) is 2.91. The minimum absolute atomic E-state index is 0.0370. The molecule has 0 aromatic rings. The molecule has 44 valence electrons. The van der Waals surface area contributed by atoms with Crippen LogP contribution < -0.4 is 5.06 Å². The highest BCUT2D eigenvalue weighted by Gasteiger charge is 1.94. The molecule has 0 saturated carbocycles. The monoisotopic (exact) mass is 105 g/mol. The van der Waals surface area contributed by atoms with E-state index in [4.69, 9.17) is 5.11 Å². The maximum absolute atomic E-state index is 10.1. The topological polar surface area (TPSA) is 47.7 Å². The largest absolute Gasteiger partial charge is 0.634 e. The number of aliphatic hydroxyl groups excluding tert-OH is 1. The van der Waals surface area contributed by atoms with E-state index in [0.29, 0.717) is 0 Å². The number of rotatable bonds is 2. The Balaban J connectivity index is 2.95. The number of likely N-dealkylation sites (N-methyl/N-ethyl adjacent to an activating group) is 1. The maximum atomic E-state index is 10.1. The smallest absolute Gasteiger partial charge is 0.103 e. The van der Waals surface area contributed by atoms with E-state index in [9.17, 15) is 5.21 Å². The summed E-state index contributed by atoms with van der Waals surface area (Å²) in [6.45, 7) is 1.88. The normalized spacial score (nSPS) is 18.9. The van der Waals surface area contributed by atoms with Gasteiger partial charge in [-0.3, -0.25) is 0 Å². The van der Waals surface area contributed by atoms with E-state index in [0.717, 1.165) is 0 Å². The lowest BCUT2D eigenvalue weighted by molar-refractivity contribution is -0.829. The van der Waals surface area contributed by atoms with E-state index in [1.54, 1.807) is 6.92 Å². The first kappa shape index (κ1) is 6.88. The van der Waals surface area contributed by atoms with Gasteiger partial charge in [0.25, 0.3) is 0 Å². The van der Waals surface area contributed by atoms with Crippen molar-refractivity contribution in [3.8, 4) is 0 Å². The first-order valence-electron chi connectivity index (χ1n) is 2.30. The lowest BCUT2D eigenvalue weighted by Gasteiger charge is -2.16. The molecule has 7 heavy (non-hydrogen) atoms. The molecular weight excluding hydrogens is 94.0 g/mol. The van der Waals surface area contributed by atoms with Gasteiger partial charge in [0.15, 0.2) is 0 Å². The molecule has 0 fully saturated rings. The third-order valence-electron chi connectivity index (χ3n) is 0.583. The minimum Gasteiger partial charge on any atom is -0.634 e. The van der Waals surface area contributed by atoms with E-state index < -0.39 is 6.10 Å². The van der Waals surface area contributed by atoms with E-state index >= 15 is 0 Å². The number of hydrogen-bond donors (Lipinski definition) is 2. The lowest BCUT2D eigenvalue weighted by Crippen LogP contribution is -3.05. The highest BCUT2D eigenvalue weighted by Crippen LogP contribution is 1.66. The highest BCUT2D eigenvalue weighted by atomic mass is 16.5. The van der Waals surface area contributed by atoms with Crippen molar-refractivity contribution < 1.29 is 10.2 Å². The average molecular weight is 105 g/mol. The van der Waals surface area contributed by atoms with Crippen LogP contribution in [0.2, 0.25) is 0 Å². The second kappa shape index (κ2) is 2.96. The van der Waals surface area contributed by atoms with Crippen LogP contribution >= 0.6 is 0 Å². The van der Waals surface area contributed by atoms with Gasteiger partial charge >= 0.3 is 0 Å². The number of quaternary nitrogens is 1. The maximum Gasteiger partial charge on any atom is 0.103 e. The van der Waals surface area contributed by atoms with E-state index in [2.05, 4.69) is 0 Å². The first-order valence-corrected chi connectivity index (χ1v) is 2.30. The van der Waals surface area contributed by atoms with Gasteiger partial charge in [-0.05, 0) is 6.92 Å². The molecule has 0 spiro atoms. The van der Waals surface area contributed by atoms with Gasteiger partial charge in [-0.15, -0.1) is 0 Å². The molecule has 0 aliphatic rings. The molecule has 0 radical (unpaired) electrons. The van der Waals surface area contributed by atoms with Crippen LogP contribution in [0.25, 0.3) is 0 Å². The van der Waals surface area contributed by atoms with E-state index in [1.165, 1.54) is 7.05 Å². The second-order valence-electron chi connectivity index (χ2n) is 1.76. The predicted octanol–water partition coefficient (Wildman–Crippen LogP) is -1.62. The summed E-state index contributed by atoms with van der Waals surface area (Å²) in [6.07, 6.45) is -0.475. The van der Waals surface area contributed by atoms with Crippen molar-refractivity contribution in [2.24, 2.45) is 0 Å². The molecule has 3 heteroatoms. The Labute approximate surface area is 43.1 Å². The highest BCUT2D eigenvalue weighted by molar-refractivity contribution is 4.36. The van der Waals surface area contributed by atoms with Crippen molar-refractivity contribution in [2.45, 2.75) is 13.0 Å². The van der Waals surface area contributed by atoms with Crippen molar-refractivity contribution in [1.29, 1.82) is 0 Å². The summed E-state index contributed by atoms with van der Waals surface area (Å²) in [5.74, 6) is 0. The van der Waals surface area contributed by atoms with Gasteiger partial charge in [-0.1, -0.05) is 0 Å². The SMILES string of the molecule is CC(O)C[NH+](C)[O-]. The molecule has 2 atom stereocenters. The van der Waals surface area contributed by atoms with Gasteiger partial charge in [0.1, 0.15) is 12.6 Å². The number of hydroxylamine groups is 2. The molecule has 0 heterocycles. The van der Waals surface area contributed by atoms with Crippen LogP contribution in [0.15, 0.2) is 0 Å². The van der Waals surface area contributed by atoms with Gasteiger partial charge in [-0.2, -0.15) is 0 Å². The summed E-state index contributed by atoms with van der Waals surface area (Å²) < 4.78 is 0. The number of aliphatic hydroxyl groups is 1. The van der Waals surface area contributed by atoms with Crippen LogP contribution in [0.4, 0.5) is 0 Å². The van der Waals surface area contributed by atoms with E-state index in [-0.39, 0.29) is 11.6 Å². The van der Waals surface area contributed by atoms with Crippen LogP contribution in [-0.2, 0) is 0 Å². The Morgan fingerprint density at radius 3 is 2.29 bits per heavy atom. The third kappa shape index (κ3) is 5.88. The molecule has 0 aromatic carbocycles. The summed E-state index contributed by atoms with van der Waals surface area (Å²) in [7, 11) is 1.46. The summed E-state index contributed by atoms with van der Waals surface area (Å²) in [6, 6.07) is 0. The summed E-state index contributed by atoms with van der Waals surface area (Å²) >= 11 is 0. The van der Waals surface area contributed by atoms with Crippen molar-refractivity contribution in [1.82, 2.24) is 0 Å². The van der Waals surface area contributed by atoms with Crippen LogP contribution in [0.3, 0.4) is 0 Å². The molecule has 0 aromatic heterocycles. The lowest BCUT2D eigenvalue weighted by atomic mass is 10.4. The second-order valence-corrected chi connectivity index (χ2v) is 1.76. The molecule has 0 aliphatic heterocycles. The summed E-state index contributed by atoms with van der Waals surface area (Å²) in [5, 5.41) is 18.6. The van der Waals surface area contributed by atoms with Crippen molar-refractivity contribution >= 4 is 0 Å². The summed E-state index contributed by atoms with van der Waals surface area (Å²) in [5.41, 5.74) is 0. The fourth-order valence-corrected chi connectivity index (χ4v) is 0.416. The Morgan fingerprint density at radius 1 is 1.86 bits per heavy atom. The average Bonchev–Trinajstić information content (AvgIpc) is 1.27. The van der Waals surface area contributed by atoms with Crippen LogP contribution in [0, 0.1) is 5.21 Å². The molecule has 0 aliphatic carbocycles. The Morgan fingerprint density at radius 2 is 2.29 bits per heavy atom. The van der Waals surface area contributed by atoms with Gasteiger partial charge in [0, 0.05) is 0 Å². The van der Waals surface area contributed by atoms with E-state index in [1.807, 2.05) is 0 Å². The molecule has 3 nitrogen and oxygen atoms in total. The van der Waals surface area contributed by atoms with Crippen molar-refractivity contribution in [2.75, 3.05) is 13.6 Å². The van der Waals surface area contributed by atoms with Crippen LogP contribution in [-0.4, -0.2) is 24.8 Å². The summed E-state index contributed by atoms with van der Waals surface area (Å²) in [4.78, 5) is 0. The molecule has 0 amide bonds. The molecule has 0 rings (SSSR count). The first-order chi connectivity index (χ1) is 3.13. The zero-order chi connectivity index (χ0) is 5.86. The van der Waals surface area contributed by atoms with Crippen LogP contribution in [0.1, 0.15) is 6.92 Å². The fraction of sp³-hybridized carbons (Fsp3) is 1.00. The third-order valence-corrected chi connectivity index (χ3v) is 0.583. The minimum atomic E-state index is -0.475. The number of nitrogens with one attached hydrogen (secondary N) is 1. The molecule has 0 bridgehead atoms. The molecule has 2 unspecified atom stereocenters. The quantitative estimate of drug-likeness (QED) is 0.415. The number of hydrogen-bond acceptors (Lipinski definition) is 2. The standard InChI is InChI=1S/C4H11NO2/c1-4(6)3-5(2)7/h4-6H,3H2,1-2H3. The van der Waals surface area contributed by atoms with Crippen molar-refractivity contribution in [3.05, 3.63) is 5.21 Å². The predicted molar refractivity (Wildman–Crippen MR) is 26.8 cm³/mol. The molecule has 0 saturated heterocycles. The Hall–Kier alpha value is -0.120. The Bertz CT molecular complexity index is 39.0. The fourth-order valence-electron chi connectivity index (χ4n) is 0.416. The molecule has 2 N–H and O–H groups in total. The van der Waals surface area contributed by atoms with Gasteiger partial charge in [-0.25, -0.2) is 0 Å². The van der Waals surface area contributed by atoms with Gasteiger partial charge in [0.2, 0.25) is 0 Å². The van der Waals surface area contributed by atoms with Crippen molar-refractivity contribution in [3.63, 3.8) is 0 Å².